The van der Waals surface area contributed by atoms with Crippen molar-refractivity contribution < 1.29 is 13.9 Å². The summed E-state index contributed by atoms with van der Waals surface area (Å²) in [5.74, 6) is -0.500. The largest absolute Gasteiger partial charge is 0.379 e. The van der Waals surface area contributed by atoms with E-state index in [0.717, 1.165) is 44.0 Å². The fraction of sp³-hybridized carbons (Fsp3) is 0.421. The number of aromatic nitrogens is 3. The maximum Gasteiger partial charge on any atom is 0.280 e. The Hall–Kier alpha value is -2.36. The molecule has 1 amide bonds. The summed E-state index contributed by atoms with van der Waals surface area (Å²) in [6.45, 7) is 4.73. The van der Waals surface area contributed by atoms with Gasteiger partial charge >= 0.3 is 0 Å². The standard InChI is InChI=1S/C19H22FN5O2S/c1-23-8-5-16(22-23)18(26)25(7-2-6-24-9-11-27-12-10-24)19-21-15-4-3-14(20)13-17(15)28-19/h3-5,8,13H,2,6-7,9-12H2,1H3. The molecule has 0 aliphatic carbocycles. The van der Waals surface area contributed by atoms with Gasteiger partial charge in [0, 0.05) is 39.4 Å². The van der Waals surface area contributed by atoms with E-state index in [2.05, 4.69) is 15.0 Å². The zero-order chi connectivity index (χ0) is 19.5. The zero-order valence-corrected chi connectivity index (χ0v) is 16.5. The van der Waals surface area contributed by atoms with Crippen molar-refractivity contribution in [3.8, 4) is 0 Å². The summed E-state index contributed by atoms with van der Waals surface area (Å²) in [7, 11) is 1.78. The van der Waals surface area contributed by atoms with E-state index in [0.29, 0.717) is 22.9 Å². The van der Waals surface area contributed by atoms with Crippen LogP contribution in [0.3, 0.4) is 0 Å². The lowest BCUT2D eigenvalue weighted by atomic mass is 10.3. The number of ether oxygens (including phenoxy) is 1. The van der Waals surface area contributed by atoms with E-state index < -0.39 is 0 Å². The summed E-state index contributed by atoms with van der Waals surface area (Å²) < 4.78 is 21.3. The van der Waals surface area contributed by atoms with E-state index in [4.69, 9.17) is 4.74 Å². The van der Waals surface area contributed by atoms with Crippen LogP contribution in [0.5, 0.6) is 0 Å². The molecule has 4 rings (SSSR count). The van der Waals surface area contributed by atoms with Gasteiger partial charge in [0.05, 0.1) is 23.4 Å². The first-order valence-corrected chi connectivity index (χ1v) is 10.1. The molecular formula is C19H22FN5O2S. The number of fused-ring (bicyclic) bond motifs is 1. The Labute approximate surface area is 166 Å². The summed E-state index contributed by atoms with van der Waals surface area (Å²) in [5.41, 5.74) is 1.06. The fourth-order valence-corrected chi connectivity index (χ4v) is 4.25. The van der Waals surface area contributed by atoms with Crippen LogP contribution in [0.15, 0.2) is 30.5 Å². The van der Waals surface area contributed by atoms with Crippen LogP contribution < -0.4 is 4.90 Å². The minimum absolute atomic E-state index is 0.192. The second kappa shape index (κ2) is 8.34. The number of morpholine rings is 1. The number of carbonyl (C=O) groups is 1. The van der Waals surface area contributed by atoms with Crippen LogP contribution in [0.4, 0.5) is 9.52 Å². The van der Waals surface area contributed by atoms with E-state index in [1.165, 1.54) is 23.5 Å². The lowest BCUT2D eigenvalue weighted by Gasteiger charge is -2.27. The Morgan fingerprint density at radius 3 is 2.89 bits per heavy atom. The molecule has 1 saturated heterocycles. The topological polar surface area (TPSA) is 63.5 Å². The summed E-state index contributed by atoms with van der Waals surface area (Å²) in [6, 6.07) is 6.18. The lowest BCUT2D eigenvalue weighted by Crippen LogP contribution is -2.39. The second-order valence-electron chi connectivity index (χ2n) is 6.75. The van der Waals surface area contributed by atoms with Crippen molar-refractivity contribution in [2.75, 3.05) is 44.3 Å². The fourth-order valence-electron chi connectivity index (χ4n) is 3.23. The van der Waals surface area contributed by atoms with Gasteiger partial charge in [-0.15, -0.1) is 0 Å². The van der Waals surface area contributed by atoms with Crippen molar-refractivity contribution in [3.63, 3.8) is 0 Å². The number of anilines is 1. The highest BCUT2D eigenvalue weighted by Crippen LogP contribution is 2.30. The van der Waals surface area contributed by atoms with Crippen LogP contribution >= 0.6 is 11.3 Å². The monoisotopic (exact) mass is 403 g/mol. The summed E-state index contributed by atoms with van der Waals surface area (Å²) in [4.78, 5) is 21.6. The molecule has 0 saturated carbocycles. The number of thiazole rings is 1. The average molecular weight is 403 g/mol. The van der Waals surface area contributed by atoms with Gasteiger partial charge in [0.2, 0.25) is 0 Å². The number of amides is 1. The molecule has 0 N–H and O–H groups in total. The molecule has 28 heavy (non-hydrogen) atoms. The van der Waals surface area contributed by atoms with Crippen LogP contribution in [-0.4, -0.2) is 65.0 Å². The van der Waals surface area contributed by atoms with Crippen LogP contribution in [-0.2, 0) is 11.8 Å². The van der Waals surface area contributed by atoms with E-state index in [1.54, 1.807) is 35.0 Å². The molecule has 1 aliphatic rings. The van der Waals surface area contributed by atoms with Gasteiger partial charge in [-0.2, -0.15) is 5.10 Å². The molecule has 3 aromatic rings. The first kappa shape index (κ1) is 19.0. The second-order valence-corrected chi connectivity index (χ2v) is 7.76. The predicted octanol–water partition coefficient (Wildman–Crippen LogP) is 2.54. The molecule has 0 radical (unpaired) electrons. The van der Waals surface area contributed by atoms with Crippen LogP contribution in [0, 0.1) is 5.82 Å². The molecule has 148 valence electrons. The van der Waals surface area contributed by atoms with E-state index in [1.807, 2.05) is 0 Å². The Bertz CT molecular complexity index is 966. The number of benzene rings is 1. The molecule has 1 aromatic carbocycles. The highest BCUT2D eigenvalue weighted by Gasteiger charge is 2.23. The molecule has 2 aromatic heterocycles. The number of rotatable bonds is 6. The third-order valence-electron chi connectivity index (χ3n) is 4.71. The first-order valence-electron chi connectivity index (χ1n) is 9.28. The zero-order valence-electron chi connectivity index (χ0n) is 15.7. The Balaban J connectivity index is 1.55. The normalized spacial score (nSPS) is 15.2. The number of aryl methyl sites for hydroxylation is 1. The van der Waals surface area contributed by atoms with Crippen LogP contribution in [0.2, 0.25) is 0 Å². The van der Waals surface area contributed by atoms with Gasteiger partial charge in [-0.1, -0.05) is 11.3 Å². The SMILES string of the molecule is Cn1ccc(C(=O)N(CCCN2CCOCC2)c2nc3ccc(F)cc3s2)n1. The van der Waals surface area contributed by atoms with Crippen molar-refractivity contribution in [2.24, 2.45) is 7.05 Å². The number of carbonyl (C=O) groups excluding carboxylic acids is 1. The molecule has 0 unspecified atom stereocenters. The average Bonchev–Trinajstić information content (AvgIpc) is 3.31. The number of hydrogen-bond donors (Lipinski definition) is 0. The molecule has 1 aliphatic heterocycles. The summed E-state index contributed by atoms with van der Waals surface area (Å²) in [6.07, 6.45) is 2.55. The number of halogens is 1. The highest BCUT2D eigenvalue weighted by atomic mass is 32.1. The van der Waals surface area contributed by atoms with Crippen molar-refractivity contribution in [1.29, 1.82) is 0 Å². The maximum atomic E-state index is 13.6. The van der Waals surface area contributed by atoms with E-state index in [9.17, 15) is 9.18 Å². The van der Waals surface area contributed by atoms with Gasteiger partial charge in [0.1, 0.15) is 5.82 Å². The Morgan fingerprint density at radius 2 is 2.14 bits per heavy atom. The minimum atomic E-state index is -0.308. The molecule has 0 bridgehead atoms. The van der Waals surface area contributed by atoms with Crippen LogP contribution in [0.25, 0.3) is 10.2 Å². The van der Waals surface area contributed by atoms with Crippen molar-refractivity contribution in [1.82, 2.24) is 19.7 Å². The van der Waals surface area contributed by atoms with Gasteiger partial charge in [-0.25, -0.2) is 9.37 Å². The van der Waals surface area contributed by atoms with E-state index in [-0.39, 0.29) is 11.7 Å². The van der Waals surface area contributed by atoms with Gasteiger partial charge < -0.3 is 4.74 Å². The highest BCUT2D eigenvalue weighted by molar-refractivity contribution is 7.22. The Kier molecular flexibility index (Phi) is 5.65. The molecule has 9 heteroatoms. The molecule has 0 atom stereocenters. The van der Waals surface area contributed by atoms with Crippen molar-refractivity contribution in [3.05, 3.63) is 42.0 Å². The molecule has 1 fully saturated rings. The first-order chi connectivity index (χ1) is 13.6. The van der Waals surface area contributed by atoms with Crippen LogP contribution in [0.1, 0.15) is 16.9 Å². The Morgan fingerprint density at radius 1 is 1.32 bits per heavy atom. The molecule has 7 nitrogen and oxygen atoms in total. The van der Waals surface area contributed by atoms with Gasteiger partial charge in [0.15, 0.2) is 10.8 Å². The number of hydrogen-bond acceptors (Lipinski definition) is 6. The van der Waals surface area contributed by atoms with Crippen molar-refractivity contribution in [2.45, 2.75) is 6.42 Å². The smallest absolute Gasteiger partial charge is 0.280 e. The lowest BCUT2D eigenvalue weighted by molar-refractivity contribution is 0.0376. The van der Waals surface area contributed by atoms with Gasteiger partial charge in [0.25, 0.3) is 5.91 Å². The van der Waals surface area contributed by atoms with Crippen molar-refractivity contribution >= 4 is 32.6 Å². The van der Waals surface area contributed by atoms with Gasteiger partial charge in [-0.3, -0.25) is 19.3 Å². The molecule has 0 spiro atoms. The summed E-state index contributed by atoms with van der Waals surface area (Å²) >= 11 is 1.32. The summed E-state index contributed by atoms with van der Waals surface area (Å²) in [5, 5.41) is 4.81. The number of nitrogens with zero attached hydrogens (tertiary/aromatic N) is 5. The quantitative estimate of drug-likeness (QED) is 0.633. The third kappa shape index (κ3) is 4.21. The molecular weight excluding hydrogens is 381 g/mol. The van der Waals surface area contributed by atoms with Gasteiger partial charge in [-0.05, 0) is 30.7 Å². The third-order valence-corrected chi connectivity index (χ3v) is 5.75. The minimum Gasteiger partial charge on any atom is -0.379 e. The predicted molar refractivity (Wildman–Crippen MR) is 106 cm³/mol. The van der Waals surface area contributed by atoms with E-state index >= 15 is 0 Å². The molecule has 3 heterocycles. The maximum absolute atomic E-state index is 13.6.